The number of rotatable bonds is 12. The molecule has 292 valence electrons. The summed E-state index contributed by atoms with van der Waals surface area (Å²) in [6.45, 7) is 13.1. The van der Waals surface area contributed by atoms with Gasteiger partial charge in [0.2, 0.25) is 11.8 Å². The van der Waals surface area contributed by atoms with Gasteiger partial charge in [0.1, 0.15) is 17.6 Å². The number of aliphatic hydroxyl groups is 1. The van der Waals surface area contributed by atoms with Crippen LogP contribution < -0.4 is 16.0 Å². The Kier molecular flexibility index (Phi) is 12.2. The number of nitrogens with two attached hydrogens (primary N) is 1. The van der Waals surface area contributed by atoms with Gasteiger partial charge < -0.3 is 31.1 Å². The van der Waals surface area contributed by atoms with Gasteiger partial charge >= 0.3 is 0 Å². The average molecular weight is 769 g/mol. The number of aromatic nitrogens is 3. The number of nitrogen functional groups attached to an aromatic ring is 1. The largest absolute Gasteiger partial charge is 0.507 e. The first kappa shape index (κ1) is 39.8. The van der Waals surface area contributed by atoms with Gasteiger partial charge in [-0.1, -0.05) is 57.2 Å². The first-order valence-corrected chi connectivity index (χ1v) is 19.8. The molecule has 0 spiro atoms. The number of phenols is 1. The zero-order valence-corrected chi connectivity index (χ0v) is 33.1. The predicted octanol–water partition coefficient (Wildman–Crippen LogP) is 4.84. The zero-order valence-electron chi connectivity index (χ0n) is 32.2. The van der Waals surface area contributed by atoms with E-state index in [1.807, 2.05) is 76.5 Å². The van der Waals surface area contributed by atoms with Crippen LogP contribution in [0.5, 0.6) is 5.75 Å². The Hall–Kier alpha value is -4.92. The molecular weight excluding hydrogens is 717 g/mol. The van der Waals surface area contributed by atoms with Crippen LogP contribution >= 0.6 is 11.3 Å². The fraction of sp³-hybridized carbons (Fsp3) is 0.463. The number of piperazine rings is 1. The van der Waals surface area contributed by atoms with Crippen molar-refractivity contribution in [3.8, 4) is 27.4 Å². The van der Waals surface area contributed by atoms with Gasteiger partial charge in [0.05, 0.1) is 39.6 Å². The van der Waals surface area contributed by atoms with Crippen molar-refractivity contribution in [2.24, 2.45) is 11.3 Å². The van der Waals surface area contributed by atoms with E-state index in [0.29, 0.717) is 56.2 Å². The van der Waals surface area contributed by atoms with Gasteiger partial charge in [-0.05, 0) is 48.6 Å². The Morgan fingerprint density at radius 3 is 2.40 bits per heavy atom. The van der Waals surface area contributed by atoms with Crippen molar-refractivity contribution in [2.75, 3.05) is 49.9 Å². The van der Waals surface area contributed by atoms with Crippen LogP contribution in [-0.2, 0) is 14.4 Å². The van der Waals surface area contributed by atoms with Crippen LogP contribution in [0.2, 0.25) is 0 Å². The summed E-state index contributed by atoms with van der Waals surface area (Å²) in [7, 11) is 0. The minimum absolute atomic E-state index is 0.0167. The van der Waals surface area contributed by atoms with E-state index in [2.05, 4.69) is 30.3 Å². The molecule has 2 aromatic carbocycles. The number of benzene rings is 2. The molecule has 0 saturated carbocycles. The Balaban J connectivity index is 1.03. The van der Waals surface area contributed by atoms with Crippen molar-refractivity contribution < 1.29 is 24.6 Å². The van der Waals surface area contributed by atoms with Gasteiger partial charge in [-0.15, -0.1) is 21.5 Å². The molecule has 4 heterocycles. The van der Waals surface area contributed by atoms with Crippen molar-refractivity contribution in [1.29, 1.82) is 0 Å². The molecule has 0 aliphatic carbocycles. The highest BCUT2D eigenvalue weighted by atomic mass is 32.1. The van der Waals surface area contributed by atoms with Gasteiger partial charge in [0, 0.05) is 70.0 Å². The number of nitrogens with zero attached hydrogens (tertiary/aromatic N) is 6. The van der Waals surface area contributed by atoms with Gasteiger partial charge in [0.25, 0.3) is 0 Å². The molecule has 6 rings (SSSR count). The predicted molar refractivity (Wildman–Crippen MR) is 214 cm³/mol. The average Bonchev–Trinajstić information content (AvgIpc) is 3.78. The topological polar surface area (TPSA) is 178 Å². The van der Waals surface area contributed by atoms with Crippen molar-refractivity contribution in [2.45, 2.75) is 72.1 Å². The number of likely N-dealkylation sites (tertiary alicyclic amines) is 1. The molecule has 2 fully saturated rings. The maximum absolute atomic E-state index is 14.2. The van der Waals surface area contributed by atoms with E-state index in [-0.39, 0.29) is 48.8 Å². The standard InChI is InChI=1S/C41H52N8O5S/c1-25(27-10-12-28(13-11-27)37-26(2)43-24-55-37)44-39(53)35-21-30(51)23-49(35)40(54)32(41(3,4)5)20-29(50)14-15-47-16-18-48(19-17-47)34-22-33(45-46-38(34)42)31-8-6-7-9-36(31)52/h6-13,22,24-25,30,32,35,51-52H,14-21,23H2,1-5H3,(H2,42,46)(H,44,53)/t25-,30+,32+,35-/m0/s1. The molecule has 2 amide bonds. The fourth-order valence-electron chi connectivity index (χ4n) is 7.46. The van der Waals surface area contributed by atoms with Gasteiger partial charge in [0.15, 0.2) is 5.82 Å². The SMILES string of the molecule is Cc1ncsc1-c1ccc([C@H](C)NC(=O)[C@@H]2C[C@@H](O)CN2C(=O)[C@@H](CC(=O)CCN2CCN(c3cc(-c4ccccc4O)nnc3N)CC2)C(C)(C)C)cc1. The highest BCUT2D eigenvalue weighted by molar-refractivity contribution is 7.13. The summed E-state index contributed by atoms with van der Waals surface area (Å²) in [6, 6.07) is 15.7. The number of aliphatic hydroxyl groups excluding tert-OH is 1. The number of amides is 2. The summed E-state index contributed by atoms with van der Waals surface area (Å²) >= 11 is 1.58. The Labute approximate surface area is 326 Å². The normalized spacial score (nSPS) is 18.9. The lowest BCUT2D eigenvalue weighted by atomic mass is 9.76. The monoisotopic (exact) mass is 768 g/mol. The number of carbonyl (C=O) groups is 3. The number of aryl methyl sites for hydroxylation is 1. The number of hydrogen-bond donors (Lipinski definition) is 4. The van der Waals surface area contributed by atoms with E-state index in [9.17, 15) is 24.6 Å². The third-order valence-electron chi connectivity index (χ3n) is 10.8. The maximum Gasteiger partial charge on any atom is 0.243 e. The van der Waals surface area contributed by atoms with Crippen molar-refractivity contribution in [3.05, 3.63) is 71.4 Å². The lowest BCUT2D eigenvalue weighted by Gasteiger charge is -2.37. The van der Waals surface area contributed by atoms with Crippen LogP contribution in [0.1, 0.15) is 64.3 Å². The smallest absolute Gasteiger partial charge is 0.243 e. The van der Waals surface area contributed by atoms with E-state index in [4.69, 9.17) is 5.73 Å². The number of hydrogen-bond acceptors (Lipinski definition) is 12. The summed E-state index contributed by atoms with van der Waals surface area (Å²) in [4.78, 5) is 52.6. The molecule has 0 bridgehead atoms. The number of carbonyl (C=O) groups excluding carboxylic acids is 3. The van der Waals surface area contributed by atoms with Crippen LogP contribution in [0, 0.1) is 18.3 Å². The summed E-state index contributed by atoms with van der Waals surface area (Å²) in [5.41, 5.74) is 12.3. The summed E-state index contributed by atoms with van der Waals surface area (Å²) < 4.78 is 0. The number of Topliss-reactive ketones (excluding diaryl/α,β-unsaturated/α-hetero) is 1. The van der Waals surface area contributed by atoms with Crippen molar-refractivity contribution in [3.63, 3.8) is 0 Å². The van der Waals surface area contributed by atoms with Crippen LogP contribution in [-0.4, -0.2) is 104 Å². The van der Waals surface area contributed by atoms with E-state index in [1.54, 1.807) is 29.5 Å². The molecule has 2 aliphatic heterocycles. The number of thiazole rings is 1. The van der Waals surface area contributed by atoms with Gasteiger partial charge in [-0.3, -0.25) is 19.3 Å². The van der Waals surface area contributed by atoms with E-state index in [0.717, 1.165) is 27.4 Å². The Morgan fingerprint density at radius 2 is 1.75 bits per heavy atom. The second-order valence-corrected chi connectivity index (χ2v) is 16.6. The van der Waals surface area contributed by atoms with Crippen molar-refractivity contribution in [1.82, 2.24) is 30.3 Å². The zero-order chi connectivity index (χ0) is 39.4. The molecule has 5 N–H and O–H groups in total. The number of β-amino-alcohol motifs (C(OH)–C–C–N with tert-alkyl or cyclic N) is 1. The van der Waals surface area contributed by atoms with Crippen LogP contribution in [0.3, 0.4) is 0 Å². The molecule has 14 heteroatoms. The number of anilines is 2. The van der Waals surface area contributed by atoms with Crippen molar-refractivity contribution >= 4 is 40.4 Å². The van der Waals surface area contributed by atoms with Crippen LogP contribution in [0.4, 0.5) is 11.5 Å². The molecule has 2 aliphatic rings. The molecular formula is C41H52N8O5S. The second kappa shape index (κ2) is 16.8. The lowest BCUT2D eigenvalue weighted by molar-refractivity contribution is -0.146. The molecule has 4 atom stereocenters. The maximum atomic E-state index is 14.2. The summed E-state index contributed by atoms with van der Waals surface area (Å²) in [5, 5.41) is 32.4. The number of aromatic hydroxyl groups is 1. The fourth-order valence-corrected chi connectivity index (χ4v) is 8.27. The molecule has 55 heavy (non-hydrogen) atoms. The van der Waals surface area contributed by atoms with Gasteiger partial charge in [-0.25, -0.2) is 4.98 Å². The Bertz CT molecular complexity index is 1990. The second-order valence-electron chi connectivity index (χ2n) is 15.8. The van der Waals surface area contributed by atoms with Crippen LogP contribution in [0.25, 0.3) is 21.7 Å². The molecule has 0 unspecified atom stereocenters. The van der Waals surface area contributed by atoms with Gasteiger partial charge in [-0.2, -0.15) is 0 Å². The minimum atomic E-state index is -0.834. The molecule has 4 aromatic rings. The quantitative estimate of drug-likeness (QED) is 0.155. The molecule has 0 radical (unpaired) electrons. The molecule has 2 saturated heterocycles. The third kappa shape index (κ3) is 9.31. The third-order valence-corrected chi connectivity index (χ3v) is 11.8. The van der Waals surface area contributed by atoms with E-state index < -0.39 is 23.5 Å². The first-order valence-electron chi connectivity index (χ1n) is 18.9. The number of phenolic OH excluding ortho intramolecular Hbond substituents is 1. The molecule has 2 aromatic heterocycles. The Morgan fingerprint density at radius 1 is 1.04 bits per heavy atom. The summed E-state index contributed by atoms with van der Waals surface area (Å²) in [5.74, 6) is -0.846. The first-order chi connectivity index (χ1) is 26.2. The van der Waals surface area contributed by atoms with E-state index >= 15 is 0 Å². The summed E-state index contributed by atoms with van der Waals surface area (Å²) in [6.07, 6.45) is -0.342. The van der Waals surface area contributed by atoms with Crippen LogP contribution in [0.15, 0.2) is 60.1 Å². The molecule has 13 nitrogen and oxygen atoms in total. The number of ketones is 1. The highest BCUT2D eigenvalue weighted by Crippen LogP contribution is 2.35. The number of nitrogens with one attached hydrogen (secondary N) is 1. The minimum Gasteiger partial charge on any atom is -0.507 e. The number of para-hydroxylation sites is 1. The highest BCUT2D eigenvalue weighted by Gasteiger charge is 2.44. The van der Waals surface area contributed by atoms with E-state index in [1.165, 1.54) is 4.90 Å². The lowest BCUT2D eigenvalue weighted by Crippen LogP contribution is -2.50.